The Bertz CT molecular complexity index is 404. The zero-order valence-corrected chi connectivity index (χ0v) is 10.4. The predicted octanol–water partition coefficient (Wildman–Crippen LogP) is 3.15. The molecular weight excluding hydrogens is 221 g/mol. The molecule has 1 aromatic rings. The van der Waals surface area contributed by atoms with Crippen LogP contribution in [0.4, 0.5) is 10.1 Å². The standard InChI is InChI=1S/C13H18FNO2/c1-4-7-15(9(2)3)12-6-5-10(13(16)17)8-11(12)14/h5-6,8-9H,4,7H2,1-3H3,(H,16,17). The third-order valence-electron chi connectivity index (χ3n) is 2.59. The third kappa shape index (κ3) is 3.19. The number of aromatic carboxylic acids is 1. The van der Waals surface area contributed by atoms with Crippen LogP contribution in [-0.4, -0.2) is 23.7 Å². The highest BCUT2D eigenvalue weighted by atomic mass is 19.1. The number of carboxylic acid groups (broad SMARTS) is 1. The zero-order chi connectivity index (χ0) is 13.0. The van der Waals surface area contributed by atoms with Gasteiger partial charge < -0.3 is 10.0 Å². The molecule has 94 valence electrons. The van der Waals surface area contributed by atoms with Crippen LogP contribution in [-0.2, 0) is 0 Å². The molecule has 0 unspecified atom stereocenters. The summed E-state index contributed by atoms with van der Waals surface area (Å²) in [4.78, 5) is 12.6. The maximum absolute atomic E-state index is 13.8. The Kier molecular flexibility index (Phi) is 4.49. The monoisotopic (exact) mass is 239 g/mol. The van der Waals surface area contributed by atoms with Gasteiger partial charge in [-0.25, -0.2) is 9.18 Å². The summed E-state index contributed by atoms with van der Waals surface area (Å²) in [6.45, 7) is 6.75. The van der Waals surface area contributed by atoms with Crippen LogP contribution < -0.4 is 4.90 Å². The summed E-state index contributed by atoms with van der Waals surface area (Å²) < 4.78 is 13.8. The molecule has 0 radical (unpaired) electrons. The number of anilines is 1. The zero-order valence-electron chi connectivity index (χ0n) is 10.4. The van der Waals surface area contributed by atoms with E-state index >= 15 is 0 Å². The molecule has 0 spiro atoms. The van der Waals surface area contributed by atoms with Gasteiger partial charge in [-0.15, -0.1) is 0 Å². The van der Waals surface area contributed by atoms with Crippen molar-refractivity contribution in [1.29, 1.82) is 0 Å². The quantitative estimate of drug-likeness (QED) is 0.858. The van der Waals surface area contributed by atoms with Crippen LogP contribution in [0.3, 0.4) is 0 Å². The van der Waals surface area contributed by atoms with Crippen LogP contribution in [0.25, 0.3) is 0 Å². The Morgan fingerprint density at radius 3 is 2.53 bits per heavy atom. The van der Waals surface area contributed by atoms with Gasteiger partial charge in [0.1, 0.15) is 5.82 Å². The molecule has 0 heterocycles. The highest BCUT2D eigenvalue weighted by Gasteiger charge is 2.15. The molecule has 0 aromatic heterocycles. The SMILES string of the molecule is CCCN(c1ccc(C(=O)O)cc1F)C(C)C. The summed E-state index contributed by atoms with van der Waals surface area (Å²) in [5.74, 6) is -1.59. The molecule has 4 heteroatoms. The number of benzene rings is 1. The summed E-state index contributed by atoms with van der Waals surface area (Å²) >= 11 is 0. The van der Waals surface area contributed by atoms with Crippen LogP contribution in [0.1, 0.15) is 37.6 Å². The minimum atomic E-state index is -1.11. The maximum Gasteiger partial charge on any atom is 0.335 e. The van der Waals surface area contributed by atoms with Crippen molar-refractivity contribution < 1.29 is 14.3 Å². The highest BCUT2D eigenvalue weighted by Crippen LogP contribution is 2.22. The normalized spacial score (nSPS) is 10.6. The van der Waals surface area contributed by atoms with Crippen LogP contribution in [0.15, 0.2) is 18.2 Å². The number of carboxylic acids is 1. The van der Waals surface area contributed by atoms with Crippen molar-refractivity contribution >= 4 is 11.7 Å². The van der Waals surface area contributed by atoms with E-state index in [1.807, 2.05) is 25.7 Å². The van der Waals surface area contributed by atoms with Crippen molar-refractivity contribution in [3.8, 4) is 0 Å². The fourth-order valence-corrected chi connectivity index (χ4v) is 1.77. The number of halogens is 1. The lowest BCUT2D eigenvalue weighted by Gasteiger charge is -2.29. The summed E-state index contributed by atoms with van der Waals surface area (Å²) in [6.07, 6.45) is 0.915. The fourth-order valence-electron chi connectivity index (χ4n) is 1.77. The number of carbonyl (C=O) groups is 1. The van der Waals surface area contributed by atoms with E-state index in [0.717, 1.165) is 19.0 Å². The lowest BCUT2D eigenvalue weighted by molar-refractivity contribution is 0.0696. The first-order valence-corrected chi connectivity index (χ1v) is 5.76. The van der Waals surface area contributed by atoms with Crippen molar-refractivity contribution in [3.63, 3.8) is 0 Å². The van der Waals surface area contributed by atoms with Crippen molar-refractivity contribution in [1.82, 2.24) is 0 Å². The lowest BCUT2D eigenvalue weighted by atomic mass is 10.1. The smallest absolute Gasteiger partial charge is 0.335 e. The summed E-state index contributed by atoms with van der Waals surface area (Å²) in [5.41, 5.74) is 0.443. The minimum absolute atomic E-state index is 0.0218. The van der Waals surface area contributed by atoms with Crippen LogP contribution in [0.5, 0.6) is 0 Å². The van der Waals surface area contributed by atoms with E-state index in [2.05, 4.69) is 0 Å². The second kappa shape index (κ2) is 5.66. The van der Waals surface area contributed by atoms with Gasteiger partial charge in [-0.1, -0.05) is 6.92 Å². The molecule has 0 bridgehead atoms. The molecule has 0 saturated carbocycles. The van der Waals surface area contributed by atoms with Gasteiger partial charge >= 0.3 is 5.97 Å². The van der Waals surface area contributed by atoms with Crippen molar-refractivity contribution in [3.05, 3.63) is 29.6 Å². The Morgan fingerprint density at radius 2 is 2.12 bits per heavy atom. The van der Waals surface area contributed by atoms with E-state index in [9.17, 15) is 9.18 Å². The lowest BCUT2D eigenvalue weighted by Crippen LogP contribution is -2.32. The molecule has 0 aliphatic heterocycles. The first-order chi connectivity index (χ1) is 7.97. The van der Waals surface area contributed by atoms with Crippen molar-refractivity contribution in [2.75, 3.05) is 11.4 Å². The van der Waals surface area contributed by atoms with E-state index in [1.165, 1.54) is 12.1 Å². The highest BCUT2D eigenvalue weighted by molar-refractivity contribution is 5.88. The molecule has 0 saturated heterocycles. The topological polar surface area (TPSA) is 40.5 Å². The Balaban J connectivity index is 3.08. The van der Waals surface area contributed by atoms with Crippen molar-refractivity contribution in [2.45, 2.75) is 33.2 Å². The Morgan fingerprint density at radius 1 is 1.47 bits per heavy atom. The average molecular weight is 239 g/mol. The molecule has 1 rings (SSSR count). The molecule has 0 fully saturated rings. The van der Waals surface area contributed by atoms with E-state index in [1.54, 1.807) is 0 Å². The number of hydrogen-bond donors (Lipinski definition) is 1. The van der Waals surface area contributed by atoms with Crippen LogP contribution >= 0.6 is 0 Å². The first-order valence-electron chi connectivity index (χ1n) is 5.76. The van der Waals surface area contributed by atoms with Crippen LogP contribution in [0, 0.1) is 5.82 Å². The molecule has 0 amide bonds. The molecular formula is C13H18FNO2. The van der Waals surface area contributed by atoms with Crippen molar-refractivity contribution in [2.24, 2.45) is 0 Å². The number of hydrogen-bond acceptors (Lipinski definition) is 2. The van der Waals surface area contributed by atoms with Crippen LogP contribution in [0.2, 0.25) is 0 Å². The summed E-state index contributed by atoms with van der Waals surface area (Å²) in [6, 6.07) is 4.23. The van der Waals surface area contributed by atoms with Gasteiger partial charge in [-0.3, -0.25) is 0 Å². The van der Waals surface area contributed by atoms with Gasteiger partial charge in [0.15, 0.2) is 0 Å². The molecule has 1 N–H and O–H groups in total. The Labute approximate surface area is 101 Å². The third-order valence-corrected chi connectivity index (χ3v) is 2.59. The van der Waals surface area contributed by atoms with E-state index in [4.69, 9.17) is 5.11 Å². The van der Waals surface area contributed by atoms with Gasteiger partial charge in [0.25, 0.3) is 0 Å². The molecule has 0 aliphatic rings. The summed E-state index contributed by atoms with van der Waals surface area (Å²) in [5, 5.41) is 8.77. The largest absolute Gasteiger partial charge is 0.478 e. The van der Waals surface area contributed by atoms with Gasteiger partial charge in [0.2, 0.25) is 0 Å². The maximum atomic E-state index is 13.8. The molecule has 0 aliphatic carbocycles. The van der Waals surface area contributed by atoms with E-state index in [0.29, 0.717) is 5.69 Å². The molecule has 3 nitrogen and oxygen atoms in total. The fraction of sp³-hybridized carbons (Fsp3) is 0.462. The summed E-state index contributed by atoms with van der Waals surface area (Å²) in [7, 11) is 0. The predicted molar refractivity (Wildman–Crippen MR) is 66.1 cm³/mol. The number of rotatable bonds is 5. The van der Waals surface area contributed by atoms with Gasteiger partial charge in [0, 0.05) is 12.6 Å². The average Bonchev–Trinajstić information content (AvgIpc) is 2.26. The number of nitrogens with zero attached hydrogens (tertiary/aromatic N) is 1. The Hall–Kier alpha value is -1.58. The van der Waals surface area contributed by atoms with Gasteiger partial charge in [-0.05, 0) is 38.5 Å². The molecule has 0 atom stereocenters. The van der Waals surface area contributed by atoms with Gasteiger partial charge in [-0.2, -0.15) is 0 Å². The van der Waals surface area contributed by atoms with E-state index < -0.39 is 11.8 Å². The van der Waals surface area contributed by atoms with Gasteiger partial charge in [0.05, 0.1) is 11.3 Å². The second-order valence-electron chi connectivity index (χ2n) is 4.26. The van der Waals surface area contributed by atoms with E-state index in [-0.39, 0.29) is 11.6 Å². The molecule has 17 heavy (non-hydrogen) atoms. The second-order valence-corrected chi connectivity index (χ2v) is 4.26. The minimum Gasteiger partial charge on any atom is -0.478 e. The first kappa shape index (κ1) is 13.5. The molecule has 1 aromatic carbocycles.